The summed E-state index contributed by atoms with van der Waals surface area (Å²) in [6.45, 7) is 5.17. The molecule has 11 heteroatoms. The normalized spacial score (nSPS) is 35.2. The number of rotatable bonds is 5. The van der Waals surface area contributed by atoms with Gasteiger partial charge in [0.1, 0.15) is 18.0 Å². The van der Waals surface area contributed by atoms with Gasteiger partial charge in [-0.25, -0.2) is 9.37 Å². The predicted molar refractivity (Wildman–Crippen MR) is 115 cm³/mol. The molecule has 3 saturated carbocycles. The lowest BCUT2D eigenvalue weighted by Gasteiger charge is -2.75. The average Bonchev–Trinajstić information content (AvgIpc) is 3.04. The smallest absolute Gasteiger partial charge is 0.418 e. The number of aromatic nitrogens is 2. The molecule has 1 N–H and O–H groups in total. The van der Waals surface area contributed by atoms with Gasteiger partial charge in [-0.2, -0.15) is 26.3 Å². The van der Waals surface area contributed by atoms with Gasteiger partial charge in [-0.15, -0.1) is 0 Å². The second-order valence-corrected chi connectivity index (χ2v) is 11.1. The fourth-order valence-corrected chi connectivity index (χ4v) is 6.62. The van der Waals surface area contributed by atoms with E-state index >= 15 is 4.39 Å². The van der Waals surface area contributed by atoms with Crippen LogP contribution in [0, 0.1) is 10.8 Å². The Morgan fingerprint density at radius 2 is 1.77 bits per heavy atom. The molecule has 1 aromatic heterocycles. The second kappa shape index (κ2) is 7.49. The first-order valence-corrected chi connectivity index (χ1v) is 11.8. The van der Waals surface area contributed by atoms with Crippen molar-refractivity contribution in [2.45, 2.75) is 89.0 Å². The van der Waals surface area contributed by atoms with Crippen molar-refractivity contribution in [2.24, 2.45) is 10.8 Å². The number of imidazole rings is 1. The van der Waals surface area contributed by atoms with Crippen LogP contribution in [0.3, 0.4) is 0 Å². The van der Waals surface area contributed by atoms with Gasteiger partial charge in [0.2, 0.25) is 0 Å². The van der Waals surface area contributed by atoms with Gasteiger partial charge in [0, 0.05) is 36.0 Å². The van der Waals surface area contributed by atoms with Crippen LogP contribution in [0.1, 0.15) is 64.5 Å². The number of nitrogens with zero attached hydrogens (tertiary/aromatic N) is 2. The monoisotopic (exact) mass is 507 g/mol. The maximum Gasteiger partial charge on any atom is 0.418 e. The van der Waals surface area contributed by atoms with Crippen LogP contribution in [0.25, 0.3) is 11.0 Å². The van der Waals surface area contributed by atoms with Crippen LogP contribution in [-0.4, -0.2) is 40.1 Å². The Morgan fingerprint density at radius 1 is 1.11 bits per heavy atom. The zero-order valence-corrected chi connectivity index (χ0v) is 19.7. The number of ether oxygens (including phenoxy) is 1. The highest BCUT2D eigenvalue weighted by atomic mass is 19.4. The zero-order chi connectivity index (χ0) is 25.6. The first-order valence-electron chi connectivity index (χ1n) is 11.8. The number of piperidine rings is 1. The molecule has 0 radical (unpaired) electrons. The van der Waals surface area contributed by atoms with Gasteiger partial charge in [0.05, 0.1) is 28.3 Å². The molecule has 1 aromatic carbocycles. The van der Waals surface area contributed by atoms with Crippen LogP contribution in [-0.2, 0) is 6.18 Å². The fraction of sp³-hybridized carbons (Fsp3) is 0.708. The highest BCUT2D eigenvalue weighted by Crippen LogP contribution is 2.83. The number of hydrogen-bond acceptors (Lipinski definition) is 3. The number of nitrogens with one attached hydrogen (secondary N) is 1. The fourth-order valence-electron chi connectivity index (χ4n) is 6.62. The Bertz CT molecular complexity index is 1120. The van der Waals surface area contributed by atoms with E-state index in [1.165, 1.54) is 17.0 Å². The topological polar surface area (TPSA) is 39.1 Å². The summed E-state index contributed by atoms with van der Waals surface area (Å²) in [6, 6.07) is 1.27. The maximum absolute atomic E-state index is 16.1. The lowest BCUT2D eigenvalue weighted by atomic mass is 9.30. The molecule has 1 aliphatic heterocycles. The third kappa shape index (κ3) is 3.71. The van der Waals surface area contributed by atoms with Gasteiger partial charge < -0.3 is 14.6 Å². The highest BCUT2D eigenvalue weighted by Gasteiger charge is 2.83. The number of halogens is 7. The van der Waals surface area contributed by atoms with E-state index in [0.717, 1.165) is 6.07 Å². The van der Waals surface area contributed by atoms with Gasteiger partial charge in [0.15, 0.2) is 0 Å². The van der Waals surface area contributed by atoms with Crippen molar-refractivity contribution in [3.63, 3.8) is 0 Å². The minimum absolute atomic E-state index is 0.0331. The molecule has 3 aliphatic carbocycles. The molecule has 1 saturated heterocycles. The van der Waals surface area contributed by atoms with Crippen molar-refractivity contribution in [3.8, 4) is 5.75 Å². The Hall–Kier alpha value is -2.04. The number of hydrogen-bond donors (Lipinski definition) is 1. The first kappa shape index (κ1) is 24.6. The third-order valence-electron chi connectivity index (χ3n) is 8.26. The zero-order valence-electron chi connectivity index (χ0n) is 19.7. The largest absolute Gasteiger partial charge is 0.492 e. The molecule has 2 bridgehead atoms. The van der Waals surface area contributed by atoms with Crippen molar-refractivity contribution >= 4 is 11.0 Å². The van der Waals surface area contributed by atoms with Crippen molar-refractivity contribution in [3.05, 3.63) is 24.0 Å². The minimum atomic E-state index is -4.63. The predicted octanol–water partition coefficient (Wildman–Crippen LogP) is 6.60. The molecule has 3 atom stereocenters. The van der Waals surface area contributed by atoms with Gasteiger partial charge in [0.25, 0.3) is 0 Å². The lowest BCUT2D eigenvalue weighted by molar-refractivity contribution is -0.394. The molecule has 0 spiro atoms. The van der Waals surface area contributed by atoms with E-state index in [2.05, 4.69) is 10.3 Å². The quantitative estimate of drug-likeness (QED) is 0.464. The van der Waals surface area contributed by atoms with Crippen LogP contribution in [0.5, 0.6) is 5.75 Å². The molecular weight excluding hydrogens is 479 g/mol. The Kier molecular flexibility index (Phi) is 5.27. The third-order valence-corrected chi connectivity index (χ3v) is 8.26. The molecule has 35 heavy (non-hydrogen) atoms. The van der Waals surface area contributed by atoms with Crippen LogP contribution in [0.15, 0.2) is 18.5 Å². The van der Waals surface area contributed by atoms with E-state index in [9.17, 15) is 26.3 Å². The van der Waals surface area contributed by atoms with E-state index in [1.807, 2.05) is 0 Å². The Balaban J connectivity index is 1.33. The Labute approximate surface area is 198 Å². The molecule has 0 unspecified atom stereocenters. The molecule has 4 aliphatic rings. The molecule has 0 amide bonds. The van der Waals surface area contributed by atoms with Crippen molar-refractivity contribution in [1.82, 2.24) is 14.9 Å². The van der Waals surface area contributed by atoms with Crippen molar-refractivity contribution < 1.29 is 35.5 Å². The molecule has 2 heterocycles. The molecule has 4 nitrogen and oxygen atoms in total. The van der Waals surface area contributed by atoms with Crippen LogP contribution >= 0.6 is 0 Å². The summed E-state index contributed by atoms with van der Waals surface area (Å²) in [4.78, 5) is 4.10. The molecule has 194 valence electrons. The summed E-state index contributed by atoms with van der Waals surface area (Å²) in [5.41, 5.74) is -5.24. The van der Waals surface area contributed by atoms with Crippen molar-refractivity contribution in [1.29, 1.82) is 0 Å². The molecular formula is C24H28F7N3O. The average molecular weight is 507 g/mol. The summed E-state index contributed by atoms with van der Waals surface area (Å²) < 4.78 is 105. The maximum atomic E-state index is 16.1. The summed E-state index contributed by atoms with van der Waals surface area (Å²) in [6.07, 6.45) is -8.10. The van der Waals surface area contributed by atoms with E-state index in [4.69, 9.17) is 4.74 Å². The van der Waals surface area contributed by atoms with E-state index in [-0.39, 0.29) is 67.6 Å². The molecule has 2 aromatic rings. The lowest BCUT2D eigenvalue weighted by Crippen LogP contribution is -2.76. The minimum Gasteiger partial charge on any atom is -0.492 e. The highest BCUT2D eigenvalue weighted by molar-refractivity contribution is 5.81. The molecule has 4 fully saturated rings. The summed E-state index contributed by atoms with van der Waals surface area (Å²) >= 11 is 0. The number of fused-ring (bicyclic) bond motifs is 1. The SMILES string of the molecule is CC(C)n1cnc2cc(OC[C@@H]3C[C@](F)(C45CC(C(F)(F)F)(C4)C5)C[C@H](C)N3)cc(C(F)(F)F)c21. The summed E-state index contributed by atoms with van der Waals surface area (Å²) in [7, 11) is 0. The summed E-state index contributed by atoms with van der Waals surface area (Å²) in [5.74, 6) is -0.0372. The second-order valence-electron chi connectivity index (χ2n) is 11.1. The standard InChI is InChI=1S/C24H28F7N3O/c1-13(2)34-12-32-18-5-16(4-17(19(18)34)23(26,27)28)35-8-15-7-22(25,6-14(3)33-15)20-9-21(10-20,11-20)24(29,30)31/h4-5,12-15,33H,6-11H2,1-3H3/t14-,15-,20?,21?,22-/m0/s1. The van der Waals surface area contributed by atoms with Gasteiger partial charge in [-0.05, 0) is 52.5 Å². The Morgan fingerprint density at radius 3 is 2.34 bits per heavy atom. The number of alkyl halides is 7. The van der Waals surface area contributed by atoms with Crippen LogP contribution < -0.4 is 10.1 Å². The van der Waals surface area contributed by atoms with Gasteiger partial charge in [-0.1, -0.05) is 0 Å². The van der Waals surface area contributed by atoms with E-state index < -0.39 is 40.5 Å². The first-order chi connectivity index (χ1) is 16.1. The molecule has 6 rings (SSSR count). The van der Waals surface area contributed by atoms with E-state index in [0.29, 0.717) is 0 Å². The van der Waals surface area contributed by atoms with Gasteiger partial charge in [-0.3, -0.25) is 0 Å². The van der Waals surface area contributed by atoms with Crippen LogP contribution in [0.2, 0.25) is 0 Å². The van der Waals surface area contributed by atoms with Crippen LogP contribution in [0.4, 0.5) is 30.7 Å². The van der Waals surface area contributed by atoms with Gasteiger partial charge >= 0.3 is 12.4 Å². The van der Waals surface area contributed by atoms with Crippen molar-refractivity contribution in [2.75, 3.05) is 6.61 Å². The van der Waals surface area contributed by atoms with E-state index in [1.54, 1.807) is 20.8 Å². The number of benzene rings is 1. The summed E-state index contributed by atoms with van der Waals surface area (Å²) in [5, 5.41) is 3.19.